The maximum absolute atomic E-state index is 12.5. The van der Waals surface area contributed by atoms with E-state index in [2.05, 4.69) is 12.2 Å². The summed E-state index contributed by atoms with van der Waals surface area (Å²) in [6, 6.07) is 4.12. The van der Waals surface area contributed by atoms with Crippen molar-refractivity contribution in [3.8, 4) is 11.5 Å². The Morgan fingerprint density at radius 2 is 1.92 bits per heavy atom. The molecule has 1 aromatic rings. The zero-order chi connectivity index (χ0) is 17.3. The van der Waals surface area contributed by atoms with Gasteiger partial charge in [-0.1, -0.05) is 6.42 Å². The molecular weight excluding hydrogens is 302 g/mol. The maximum Gasteiger partial charge on any atom is 0.224 e. The lowest BCUT2D eigenvalue weighted by atomic mass is 9.84. The monoisotopic (exact) mass is 331 g/mol. The third kappa shape index (κ3) is 3.38. The van der Waals surface area contributed by atoms with Gasteiger partial charge in [-0.2, -0.15) is 0 Å². The van der Waals surface area contributed by atoms with Gasteiger partial charge in [-0.05, 0) is 74.1 Å². The molecule has 4 heteroatoms. The summed E-state index contributed by atoms with van der Waals surface area (Å²) in [5.74, 6) is 3.88. The number of hydrogen-bond acceptors (Lipinski definition) is 3. The lowest BCUT2D eigenvalue weighted by Gasteiger charge is -2.28. The summed E-state index contributed by atoms with van der Waals surface area (Å²) in [6.45, 7) is 4.18. The van der Waals surface area contributed by atoms with Crippen LogP contribution in [-0.2, 0) is 11.2 Å². The Morgan fingerprint density at radius 3 is 2.50 bits per heavy atom. The number of benzene rings is 1. The molecule has 2 saturated carbocycles. The highest BCUT2D eigenvalue weighted by molar-refractivity contribution is 5.79. The van der Waals surface area contributed by atoms with E-state index in [0.29, 0.717) is 23.8 Å². The SMILES string of the molecule is COc1cc(C)c(CC(=O)NC(C)C2CC3CCC2C3)cc1OC. The van der Waals surface area contributed by atoms with Crippen LogP contribution in [0.2, 0.25) is 0 Å². The number of methoxy groups -OCH3 is 2. The third-order valence-corrected chi connectivity index (χ3v) is 6.02. The first kappa shape index (κ1) is 17.1. The number of nitrogens with one attached hydrogen (secondary N) is 1. The number of carbonyl (C=O) groups excluding carboxylic acids is 1. The zero-order valence-corrected chi connectivity index (χ0v) is 15.2. The highest BCUT2D eigenvalue weighted by atomic mass is 16.5. The van der Waals surface area contributed by atoms with Gasteiger partial charge in [-0.25, -0.2) is 0 Å². The molecule has 0 aliphatic heterocycles. The van der Waals surface area contributed by atoms with E-state index >= 15 is 0 Å². The van der Waals surface area contributed by atoms with Gasteiger partial charge in [0.25, 0.3) is 0 Å². The van der Waals surface area contributed by atoms with Crippen LogP contribution < -0.4 is 14.8 Å². The molecule has 0 aromatic heterocycles. The summed E-state index contributed by atoms with van der Waals surface area (Å²) in [4.78, 5) is 12.5. The number of hydrogen-bond donors (Lipinski definition) is 1. The molecule has 4 atom stereocenters. The molecule has 4 nitrogen and oxygen atoms in total. The van der Waals surface area contributed by atoms with Gasteiger partial charge in [-0.15, -0.1) is 0 Å². The van der Waals surface area contributed by atoms with Crippen molar-refractivity contribution in [1.82, 2.24) is 5.32 Å². The molecule has 132 valence electrons. The Bertz CT molecular complexity index is 613. The van der Waals surface area contributed by atoms with Crippen LogP contribution in [0.1, 0.15) is 43.7 Å². The molecule has 3 rings (SSSR count). The van der Waals surface area contributed by atoms with Crippen molar-refractivity contribution in [3.63, 3.8) is 0 Å². The maximum atomic E-state index is 12.5. The number of rotatable bonds is 6. The lowest BCUT2D eigenvalue weighted by molar-refractivity contribution is -0.121. The van der Waals surface area contributed by atoms with Crippen LogP contribution in [0, 0.1) is 24.7 Å². The molecule has 2 aliphatic rings. The fourth-order valence-electron chi connectivity index (χ4n) is 4.70. The van der Waals surface area contributed by atoms with Crippen LogP contribution in [0.4, 0.5) is 0 Å². The zero-order valence-electron chi connectivity index (χ0n) is 15.2. The number of aryl methyl sites for hydroxylation is 1. The van der Waals surface area contributed by atoms with Gasteiger partial charge in [0.1, 0.15) is 0 Å². The van der Waals surface area contributed by atoms with Crippen LogP contribution in [0.15, 0.2) is 12.1 Å². The molecular formula is C20H29NO3. The highest BCUT2D eigenvalue weighted by Gasteiger charge is 2.42. The summed E-state index contributed by atoms with van der Waals surface area (Å²) in [5, 5.41) is 3.24. The molecule has 0 heterocycles. The quantitative estimate of drug-likeness (QED) is 0.868. The van der Waals surface area contributed by atoms with Crippen molar-refractivity contribution in [3.05, 3.63) is 23.3 Å². The fraction of sp³-hybridized carbons (Fsp3) is 0.650. The molecule has 0 radical (unpaired) electrons. The summed E-state index contributed by atoms with van der Waals surface area (Å²) < 4.78 is 10.7. The van der Waals surface area contributed by atoms with Crippen molar-refractivity contribution >= 4 is 5.91 Å². The third-order valence-electron chi connectivity index (χ3n) is 6.02. The van der Waals surface area contributed by atoms with E-state index in [9.17, 15) is 4.79 Å². The number of ether oxygens (including phenoxy) is 2. The van der Waals surface area contributed by atoms with Gasteiger partial charge >= 0.3 is 0 Å². The Kier molecular flexibility index (Phi) is 5.02. The van der Waals surface area contributed by atoms with Crippen LogP contribution in [-0.4, -0.2) is 26.2 Å². The Labute approximate surface area is 144 Å². The van der Waals surface area contributed by atoms with Crippen molar-refractivity contribution in [1.29, 1.82) is 0 Å². The molecule has 0 saturated heterocycles. The smallest absolute Gasteiger partial charge is 0.224 e. The van der Waals surface area contributed by atoms with E-state index in [0.717, 1.165) is 23.0 Å². The summed E-state index contributed by atoms with van der Waals surface area (Å²) >= 11 is 0. The van der Waals surface area contributed by atoms with Gasteiger partial charge in [-0.3, -0.25) is 4.79 Å². The van der Waals surface area contributed by atoms with E-state index in [-0.39, 0.29) is 11.9 Å². The number of fused-ring (bicyclic) bond motifs is 2. The molecule has 4 unspecified atom stereocenters. The first-order valence-corrected chi connectivity index (χ1v) is 9.02. The largest absolute Gasteiger partial charge is 0.493 e. The molecule has 1 N–H and O–H groups in total. The van der Waals surface area contributed by atoms with E-state index < -0.39 is 0 Å². The van der Waals surface area contributed by atoms with Crippen LogP contribution in [0.3, 0.4) is 0 Å². The second kappa shape index (κ2) is 7.04. The van der Waals surface area contributed by atoms with Gasteiger partial charge in [0.15, 0.2) is 11.5 Å². The van der Waals surface area contributed by atoms with Gasteiger partial charge in [0.05, 0.1) is 20.6 Å². The lowest BCUT2D eigenvalue weighted by Crippen LogP contribution is -2.40. The molecule has 2 aliphatic carbocycles. The van der Waals surface area contributed by atoms with E-state index in [1.807, 2.05) is 19.1 Å². The molecule has 2 fully saturated rings. The summed E-state index contributed by atoms with van der Waals surface area (Å²) in [6.07, 6.45) is 5.80. The van der Waals surface area contributed by atoms with Gasteiger partial charge in [0, 0.05) is 6.04 Å². The normalized spacial score (nSPS) is 26.2. The fourth-order valence-corrected chi connectivity index (χ4v) is 4.70. The predicted octanol–water partition coefficient (Wildman–Crippen LogP) is 3.50. The van der Waals surface area contributed by atoms with Crippen LogP contribution in [0.25, 0.3) is 0 Å². The van der Waals surface area contributed by atoms with Crippen molar-refractivity contribution < 1.29 is 14.3 Å². The molecule has 0 spiro atoms. The first-order valence-electron chi connectivity index (χ1n) is 9.02. The van der Waals surface area contributed by atoms with Gasteiger partial charge in [0.2, 0.25) is 5.91 Å². The Balaban J connectivity index is 1.62. The molecule has 1 amide bonds. The van der Waals surface area contributed by atoms with Crippen molar-refractivity contribution in [2.75, 3.05) is 14.2 Å². The number of amides is 1. The highest BCUT2D eigenvalue weighted by Crippen LogP contribution is 2.49. The molecule has 24 heavy (non-hydrogen) atoms. The standard InChI is InChI=1S/C20H29NO3/c1-12-7-18(23-3)19(24-4)10-16(12)11-20(22)21-13(2)17-9-14-5-6-15(17)8-14/h7,10,13-15,17H,5-6,8-9,11H2,1-4H3,(H,21,22). The van der Waals surface area contributed by atoms with E-state index in [4.69, 9.17) is 9.47 Å². The second-order valence-electron chi connectivity index (χ2n) is 7.51. The molecule has 2 bridgehead atoms. The predicted molar refractivity (Wildman–Crippen MR) is 94.5 cm³/mol. The minimum atomic E-state index is 0.0978. The summed E-state index contributed by atoms with van der Waals surface area (Å²) in [5.41, 5.74) is 2.04. The molecule has 1 aromatic carbocycles. The minimum absolute atomic E-state index is 0.0978. The van der Waals surface area contributed by atoms with E-state index in [1.54, 1.807) is 14.2 Å². The average Bonchev–Trinajstić information content (AvgIpc) is 3.19. The second-order valence-corrected chi connectivity index (χ2v) is 7.51. The van der Waals surface area contributed by atoms with Gasteiger partial charge < -0.3 is 14.8 Å². The number of carbonyl (C=O) groups is 1. The first-order chi connectivity index (χ1) is 11.5. The van der Waals surface area contributed by atoms with Crippen molar-refractivity contribution in [2.24, 2.45) is 17.8 Å². The van der Waals surface area contributed by atoms with E-state index in [1.165, 1.54) is 25.7 Å². The summed E-state index contributed by atoms with van der Waals surface area (Å²) in [7, 11) is 3.24. The van der Waals surface area contributed by atoms with Crippen molar-refractivity contribution in [2.45, 2.75) is 52.0 Å². The Morgan fingerprint density at radius 1 is 1.21 bits per heavy atom. The Hall–Kier alpha value is -1.71. The average molecular weight is 331 g/mol. The minimum Gasteiger partial charge on any atom is -0.493 e. The van der Waals surface area contributed by atoms with Crippen LogP contribution >= 0.6 is 0 Å². The van der Waals surface area contributed by atoms with Crippen LogP contribution in [0.5, 0.6) is 11.5 Å². The topological polar surface area (TPSA) is 47.6 Å².